The summed E-state index contributed by atoms with van der Waals surface area (Å²) >= 11 is 0. The molecule has 2 aliphatic heterocycles. The van der Waals surface area contributed by atoms with Crippen LogP contribution in [0.3, 0.4) is 0 Å². The molecule has 154 valence electrons. The van der Waals surface area contributed by atoms with E-state index in [9.17, 15) is 4.79 Å². The van der Waals surface area contributed by atoms with E-state index < -0.39 is 0 Å². The summed E-state index contributed by atoms with van der Waals surface area (Å²) in [5.74, 6) is 0.689. The van der Waals surface area contributed by atoms with Crippen molar-refractivity contribution in [2.45, 2.75) is 58.8 Å². The van der Waals surface area contributed by atoms with Gasteiger partial charge in [0.05, 0.1) is 5.69 Å². The second kappa shape index (κ2) is 10.6. The summed E-state index contributed by atoms with van der Waals surface area (Å²) in [4.78, 5) is 30.7. The molecule has 0 amide bonds. The lowest BCUT2D eigenvalue weighted by atomic mass is 9.90. The first-order chi connectivity index (χ1) is 13.7. The molecule has 1 fully saturated rings. The summed E-state index contributed by atoms with van der Waals surface area (Å²) in [6.45, 7) is 10.2. The monoisotopic (exact) mass is 385 g/mol. The molecule has 0 radical (unpaired) electrons. The Bertz CT molecular complexity index is 755. The number of aromatic nitrogens is 1. The van der Waals surface area contributed by atoms with Crippen LogP contribution in [0.15, 0.2) is 22.2 Å². The number of Topliss-reactive ketones (excluding diaryl/α,β-unsaturated/α-hetero) is 1. The fraction of sp³-hybridized carbons (Fsp3) is 0.727. The lowest BCUT2D eigenvalue weighted by Crippen LogP contribution is -2.41. The topological polar surface area (TPSA) is 61.2 Å². The zero-order valence-corrected chi connectivity index (χ0v) is 17.6. The molecule has 1 saturated heterocycles. The van der Waals surface area contributed by atoms with E-state index >= 15 is 0 Å². The second-order valence-electron chi connectivity index (χ2n) is 7.99. The van der Waals surface area contributed by atoms with Crippen LogP contribution >= 0.6 is 0 Å². The van der Waals surface area contributed by atoms with E-state index in [1.54, 1.807) is 0 Å². The van der Waals surface area contributed by atoms with E-state index in [-0.39, 0.29) is 5.92 Å². The van der Waals surface area contributed by atoms with Gasteiger partial charge in [0.2, 0.25) is 0 Å². The van der Waals surface area contributed by atoms with Gasteiger partial charge in [-0.25, -0.2) is 9.98 Å². The van der Waals surface area contributed by atoms with Crippen LogP contribution in [0, 0.1) is 5.92 Å². The second-order valence-corrected chi connectivity index (χ2v) is 7.99. The summed E-state index contributed by atoms with van der Waals surface area (Å²) in [5, 5.41) is 0.926. The number of anilines is 1. The third-order valence-corrected chi connectivity index (χ3v) is 5.89. The first kappa shape index (κ1) is 20.9. The van der Waals surface area contributed by atoms with Crippen molar-refractivity contribution in [1.29, 1.82) is 0 Å². The molecule has 0 aliphatic carbocycles. The molecule has 0 bridgehead atoms. The molecule has 0 unspecified atom stereocenters. The molecule has 0 N–H and O–H groups in total. The van der Waals surface area contributed by atoms with Crippen LogP contribution in [0.5, 0.6) is 0 Å². The molecule has 2 aliphatic rings. The Kier molecular flexibility index (Phi) is 7.95. The van der Waals surface area contributed by atoms with Gasteiger partial charge in [-0.15, -0.1) is 0 Å². The molecule has 6 heteroatoms. The average molecular weight is 386 g/mol. The minimum absolute atomic E-state index is 0.225. The number of hydrogen-bond acceptors (Lipinski definition) is 6. The number of piperidine rings is 1. The molecule has 0 aromatic carbocycles. The van der Waals surface area contributed by atoms with E-state index in [0.29, 0.717) is 12.5 Å². The summed E-state index contributed by atoms with van der Waals surface area (Å²) in [7, 11) is 0. The van der Waals surface area contributed by atoms with Crippen LogP contribution in [0.4, 0.5) is 5.69 Å². The number of fused-ring (bicyclic) bond motifs is 1. The Hall–Kier alpha value is -1.82. The minimum Gasteiger partial charge on any atom is -0.370 e. The number of pyridine rings is 1. The standard InChI is InChI=1S/C22H35N5O/c1-3-5-13-26(12-4-2)14-6-7-20(28)18-9-15-27(16-10-18)19-8-11-23-22-21(19)24-17-25-22/h8,11,18H,3-7,9-10,12-17H2,1-2H3. The van der Waals surface area contributed by atoms with E-state index in [1.165, 1.54) is 25.8 Å². The maximum Gasteiger partial charge on any atom is 0.177 e. The van der Waals surface area contributed by atoms with Crippen LogP contribution in [-0.2, 0) is 4.79 Å². The van der Waals surface area contributed by atoms with Crippen molar-refractivity contribution in [3.63, 3.8) is 0 Å². The van der Waals surface area contributed by atoms with Crippen molar-refractivity contribution in [3.8, 4) is 0 Å². The van der Waals surface area contributed by atoms with Crippen LogP contribution in [0.2, 0.25) is 0 Å². The van der Waals surface area contributed by atoms with Crippen molar-refractivity contribution in [1.82, 2.24) is 9.88 Å². The first-order valence-electron chi connectivity index (χ1n) is 11.1. The SMILES string of the molecule is CCCCN(CCC)CCCC(=O)C1CCN(c2ccnc3c2=NCN=3)CC1. The fourth-order valence-corrected chi connectivity index (χ4v) is 4.29. The van der Waals surface area contributed by atoms with Gasteiger partial charge >= 0.3 is 0 Å². The molecule has 6 nitrogen and oxygen atoms in total. The van der Waals surface area contributed by atoms with Crippen LogP contribution in [0.1, 0.15) is 58.8 Å². The summed E-state index contributed by atoms with van der Waals surface area (Å²) < 4.78 is 0. The van der Waals surface area contributed by atoms with Gasteiger partial charge in [0.1, 0.15) is 17.8 Å². The number of ketones is 1. The summed E-state index contributed by atoms with van der Waals surface area (Å²) in [5.41, 5.74) is 1.89. The first-order valence-corrected chi connectivity index (χ1v) is 11.1. The minimum atomic E-state index is 0.225. The molecule has 0 saturated carbocycles. The highest BCUT2D eigenvalue weighted by molar-refractivity contribution is 5.81. The Morgan fingerprint density at radius 2 is 1.89 bits per heavy atom. The highest BCUT2D eigenvalue weighted by atomic mass is 16.1. The highest BCUT2D eigenvalue weighted by Crippen LogP contribution is 2.23. The summed E-state index contributed by atoms with van der Waals surface area (Å²) in [6, 6.07) is 2.03. The highest BCUT2D eigenvalue weighted by Gasteiger charge is 2.25. The Morgan fingerprint density at radius 3 is 2.64 bits per heavy atom. The van der Waals surface area contributed by atoms with Crippen molar-refractivity contribution < 1.29 is 4.79 Å². The zero-order chi connectivity index (χ0) is 19.8. The van der Waals surface area contributed by atoms with Gasteiger partial charge in [-0.2, -0.15) is 0 Å². The average Bonchev–Trinajstić information content (AvgIpc) is 3.21. The van der Waals surface area contributed by atoms with E-state index in [0.717, 1.165) is 68.4 Å². The molecule has 0 atom stereocenters. The Labute approximate surface area is 168 Å². The van der Waals surface area contributed by atoms with Crippen molar-refractivity contribution in [2.24, 2.45) is 15.9 Å². The molecule has 1 aromatic rings. The zero-order valence-electron chi connectivity index (χ0n) is 17.6. The number of carbonyl (C=O) groups excluding carboxylic acids is 1. The molecular formula is C22H35N5O. The molecule has 0 spiro atoms. The van der Waals surface area contributed by atoms with Gasteiger partial charge in [0, 0.05) is 31.6 Å². The molecule has 3 rings (SSSR count). The van der Waals surface area contributed by atoms with E-state index in [2.05, 4.69) is 38.6 Å². The summed E-state index contributed by atoms with van der Waals surface area (Å²) in [6.07, 6.45) is 9.12. The van der Waals surface area contributed by atoms with E-state index in [1.807, 2.05) is 12.3 Å². The molecule has 3 heterocycles. The van der Waals surface area contributed by atoms with Gasteiger partial charge in [0.25, 0.3) is 0 Å². The lowest BCUT2D eigenvalue weighted by Gasteiger charge is -2.33. The number of hydrogen-bond donors (Lipinski definition) is 0. The largest absolute Gasteiger partial charge is 0.370 e. The number of nitrogens with zero attached hydrogens (tertiary/aromatic N) is 5. The smallest absolute Gasteiger partial charge is 0.177 e. The van der Waals surface area contributed by atoms with Crippen molar-refractivity contribution in [3.05, 3.63) is 23.1 Å². The fourth-order valence-electron chi connectivity index (χ4n) is 4.29. The van der Waals surface area contributed by atoms with Crippen LogP contribution in [-0.4, -0.2) is 55.1 Å². The number of rotatable bonds is 11. The van der Waals surface area contributed by atoms with Gasteiger partial charge in [-0.1, -0.05) is 20.3 Å². The third kappa shape index (κ3) is 5.37. The predicted molar refractivity (Wildman–Crippen MR) is 112 cm³/mol. The Balaban J connectivity index is 1.44. The number of carbonyl (C=O) groups is 1. The quantitative estimate of drug-likeness (QED) is 0.587. The van der Waals surface area contributed by atoms with Gasteiger partial charge < -0.3 is 9.80 Å². The van der Waals surface area contributed by atoms with Crippen molar-refractivity contribution in [2.75, 3.05) is 44.3 Å². The number of unbranched alkanes of at least 4 members (excludes halogenated alkanes) is 1. The van der Waals surface area contributed by atoms with E-state index in [4.69, 9.17) is 0 Å². The van der Waals surface area contributed by atoms with Crippen LogP contribution in [0.25, 0.3) is 0 Å². The molecule has 28 heavy (non-hydrogen) atoms. The Morgan fingerprint density at radius 1 is 1.11 bits per heavy atom. The van der Waals surface area contributed by atoms with Gasteiger partial charge in [-0.3, -0.25) is 9.79 Å². The third-order valence-electron chi connectivity index (χ3n) is 5.89. The molecule has 1 aromatic heterocycles. The molecular weight excluding hydrogens is 350 g/mol. The van der Waals surface area contributed by atoms with Crippen LogP contribution < -0.4 is 15.7 Å². The van der Waals surface area contributed by atoms with Gasteiger partial charge in [0.15, 0.2) is 5.49 Å². The maximum atomic E-state index is 12.7. The lowest BCUT2D eigenvalue weighted by molar-refractivity contribution is -0.123. The predicted octanol–water partition coefficient (Wildman–Crippen LogP) is 2.37. The normalized spacial score (nSPS) is 16.8. The van der Waals surface area contributed by atoms with Crippen molar-refractivity contribution >= 4 is 11.5 Å². The van der Waals surface area contributed by atoms with Gasteiger partial charge in [-0.05, 0) is 57.8 Å². The maximum absolute atomic E-state index is 12.7.